The minimum absolute atomic E-state index is 0.00185. The summed E-state index contributed by atoms with van der Waals surface area (Å²) in [7, 11) is -4.26. The van der Waals surface area contributed by atoms with Crippen molar-refractivity contribution in [3.05, 3.63) is 54.2 Å². The zero-order valence-electron chi connectivity index (χ0n) is 22.3. The quantitative estimate of drug-likeness (QED) is 0.456. The van der Waals surface area contributed by atoms with E-state index in [2.05, 4.69) is 40.4 Å². The van der Waals surface area contributed by atoms with Gasteiger partial charge in [-0.3, -0.25) is 4.79 Å². The van der Waals surface area contributed by atoms with Gasteiger partial charge in [-0.15, -0.1) is 0 Å². The number of carbonyl (C=O) groups is 1. The van der Waals surface area contributed by atoms with Crippen LogP contribution in [0.15, 0.2) is 53.7 Å². The van der Waals surface area contributed by atoms with E-state index in [1.54, 1.807) is 24.4 Å². The van der Waals surface area contributed by atoms with Crippen LogP contribution in [0.4, 0.5) is 11.6 Å². The van der Waals surface area contributed by atoms with Gasteiger partial charge in [0.05, 0.1) is 17.4 Å². The number of nitrogen functional groups attached to an aromatic ring is 1. The smallest absolute Gasteiger partial charge is 0.281 e. The van der Waals surface area contributed by atoms with Crippen LogP contribution in [0.25, 0.3) is 11.3 Å². The van der Waals surface area contributed by atoms with E-state index in [1.165, 1.54) is 18.2 Å². The van der Waals surface area contributed by atoms with Crippen molar-refractivity contribution in [3.8, 4) is 17.1 Å². The van der Waals surface area contributed by atoms with Crippen molar-refractivity contribution < 1.29 is 17.9 Å². The third-order valence-electron chi connectivity index (χ3n) is 6.93. The molecule has 1 saturated heterocycles. The number of rotatable bonds is 7. The van der Waals surface area contributed by atoms with Crippen molar-refractivity contribution in [3.63, 3.8) is 0 Å². The lowest BCUT2D eigenvalue weighted by atomic mass is 9.80. The lowest BCUT2D eigenvalue weighted by molar-refractivity contribution is 0.0981. The van der Waals surface area contributed by atoms with Crippen molar-refractivity contribution >= 4 is 27.6 Å². The Morgan fingerprint density at radius 1 is 1.16 bits per heavy atom. The number of nitrogens with two attached hydrogens (primary N) is 1. The van der Waals surface area contributed by atoms with Crippen molar-refractivity contribution in [1.82, 2.24) is 19.7 Å². The highest BCUT2D eigenvalue weighted by Gasteiger charge is 2.38. The first kappa shape index (κ1) is 27.3. The molecule has 4 rings (SSSR count). The molecule has 1 aliphatic heterocycles. The van der Waals surface area contributed by atoms with Gasteiger partial charge >= 0.3 is 0 Å². The van der Waals surface area contributed by atoms with E-state index in [4.69, 9.17) is 15.5 Å². The normalized spacial score (nSPS) is 17.3. The van der Waals surface area contributed by atoms with Crippen molar-refractivity contribution in [1.29, 1.82) is 0 Å². The van der Waals surface area contributed by atoms with E-state index >= 15 is 0 Å². The molecule has 202 valence electrons. The van der Waals surface area contributed by atoms with Gasteiger partial charge in [0.1, 0.15) is 11.6 Å². The fourth-order valence-electron chi connectivity index (χ4n) is 4.49. The minimum Gasteiger partial charge on any atom is -0.475 e. The van der Waals surface area contributed by atoms with Crippen LogP contribution in [0.2, 0.25) is 0 Å². The number of nitrogens with one attached hydrogen (secondary N) is 1. The lowest BCUT2D eigenvalue weighted by Crippen LogP contribution is -2.53. The molecule has 1 atom stereocenters. The summed E-state index contributed by atoms with van der Waals surface area (Å²) in [6.45, 7) is 10.9. The van der Waals surface area contributed by atoms with Crippen molar-refractivity contribution in [2.45, 2.75) is 64.1 Å². The molecule has 1 aliphatic rings. The van der Waals surface area contributed by atoms with E-state index in [1.807, 2.05) is 19.9 Å². The van der Waals surface area contributed by atoms with E-state index in [0.29, 0.717) is 29.9 Å². The number of aromatic nitrogens is 3. The maximum absolute atomic E-state index is 13.4. The number of nitrogens with zero attached hydrogens (tertiary/aromatic N) is 4. The summed E-state index contributed by atoms with van der Waals surface area (Å²) < 4.78 is 33.6. The summed E-state index contributed by atoms with van der Waals surface area (Å²) in [5.74, 6) is 0.485. The number of piperidine rings is 1. The maximum Gasteiger partial charge on any atom is 0.281 e. The molecule has 0 aromatic carbocycles. The summed E-state index contributed by atoms with van der Waals surface area (Å²) >= 11 is 0. The van der Waals surface area contributed by atoms with Crippen LogP contribution in [0.5, 0.6) is 5.88 Å². The first-order valence-electron chi connectivity index (χ1n) is 12.6. The number of amides is 1. The third kappa shape index (κ3) is 5.72. The highest BCUT2D eigenvalue weighted by atomic mass is 32.2. The fraction of sp³-hybridized carbons (Fsp3) is 0.407. The van der Waals surface area contributed by atoms with Crippen LogP contribution >= 0.6 is 0 Å². The second-order valence-corrected chi connectivity index (χ2v) is 11.9. The maximum atomic E-state index is 13.4. The number of sulfonamides is 1. The largest absolute Gasteiger partial charge is 0.475 e. The predicted molar refractivity (Wildman–Crippen MR) is 146 cm³/mol. The summed E-state index contributed by atoms with van der Waals surface area (Å²) in [4.78, 5) is 28.6. The Balaban J connectivity index is 1.75. The molecule has 4 heterocycles. The van der Waals surface area contributed by atoms with Gasteiger partial charge in [0, 0.05) is 29.9 Å². The van der Waals surface area contributed by atoms with Gasteiger partial charge in [-0.05, 0) is 76.8 Å². The summed E-state index contributed by atoms with van der Waals surface area (Å²) in [5, 5.41) is -0.335. The van der Waals surface area contributed by atoms with Crippen LogP contribution in [-0.4, -0.2) is 47.5 Å². The zero-order chi connectivity index (χ0) is 27.7. The molecule has 3 N–H and O–H groups in total. The van der Waals surface area contributed by atoms with Crippen molar-refractivity contribution in [2.75, 3.05) is 17.2 Å². The number of pyridine rings is 3. The monoisotopic (exact) mass is 538 g/mol. The van der Waals surface area contributed by atoms with Gasteiger partial charge in [-0.25, -0.2) is 19.7 Å². The van der Waals surface area contributed by atoms with E-state index < -0.39 is 15.9 Å². The van der Waals surface area contributed by atoms with E-state index in [0.717, 1.165) is 18.4 Å². The third-order valence-corrected chi connectivity index (χ3v) is 8.16. The lowest BCUT2D eigenvalue weighted by Gasteiger charge is -2.48. The Hall–Kier alpha value is -3.73. The molecule has 0 bridgehead atoms. The molecule has 0 saturated carbocycles. The number of carbonyl (C=O) groups excluding carboxylic acids is 1. The number of ether oxygens (including phenoxy) is 1. The molecule has 3 aromatic heterocycles. The van der Waals surface area contributed by atoms with Crippen LogP contribution in [0.1, 0.15) is 57.8 Å². The molecule has 0 radical (unpaired) electrons. The summed E-state index contributed by atoms with van der Waals surface area (Å²) in [5.41, 5.74) is 6.83. The van der Waals surface area contributed by atoms with Gasteiger partial charge < -0.3 is 15.4 Å². The Bertz CT molecular complexity index is 1420. The number of anilines is 2. The van der Waals surface area contributed by atoms with E-state index in [-0.39, 0.29) is 28.1 Å². The second kappa shape index (κ2) is 10.6. The van der Waals surface area contributed by atoms with Gasteiger partial charge in [-0.1, -0.05) is 13.0 Å². The molecule has 1 fully saturated rings. The molecular formula is C27H34N6O4S. The molecular weight excluding hydrogens is 504 g/mol. The average molecular weight is 539 g/mol. The average Bonchev–Trinajstić information content (AvgIpc) is 2.85. The molecule has 10 nitrogen and oxygen atoms in total. The van der Waals surface area contributed by atoms with Gasteiger partial charge in [0.2, 0.25) is 5.88 Å². The van der Waals surface area contributed by atoms with Crippen LogP contribution in [0, 0.1) is 5.92 Å². The molecule has 38 heavy (non-hydrogen) atoms. The molecule has 1 amide bonds. The molecule has 1 unspecified atom stereocenters. The summed E-state index contributed by atoms with van der Waals surface area (Å²) in [6, 6.07) is 11.1. The van der Waals surface area contributed by atoms with Crippen LogP contribution in [0.3, 0.4) is 0 Å². The predicted octanol–water partition coefficient (Wildman–Crippen LogP) is 4.04. The first-order chi connectivity index (χ1) is 17.9. The second-order valence-electron chi connectivity index (χ2n) is 10.3. The molecule has 0 spiro atoms. The highest BCUT2D eigenvalue weighted by molar-refractivity contribution is 7.90. The van der Waals surface area contributed by atoms with Crippen molar-refractivity contribution in [2.24, 2.45) is 5.92 Å². The molecule has 0 aliphatic carbocycles. The molecule has 3 aromatic rings. The van der Waals surface area contributed by atoms with Gasteiger partial charge in [0.25, 0.3) is 15.9 Å². The standard InChI is InChI=1S/C27H34N6O4S/c1-17(2)37-23-14-11-19(16-29-23)21-13-12-20(25(30-21)33-15-7-8-18(3)27(33,4)5)26(34)32-38(35,36)24-10-6-9-22(28)31-24/h6,9-14,16-18H,7-8,15H2,1-5H3,(H2,28,31)(H,32,34). The van der Waals surface area contributed by atoms with E-state index in [9.17, 15) is 13.2 Å². The minimum atomic E-state index is -4.26. The highest BCUT2D eigenvalue weighted by Crippen LogP contribution is 2.38. The SMILES string of the molecule is CC(C)Oc1ccc(-c2ccc(C(=O)NS(=O)(=O)c3cccc(N)n3)c(N3CCCC(C)C3(C)C)n2)cn1. The zero-order valence-corrected chi connectivity index (χ0v) is 23.1. The Labute approximate surface area is 223 Å². The first-order valence-corrected chi connectivity index (χ1v) is 14.1. The Morgan fingerprint density at radius 2 is 1.92 bits per heavy atom. The van der Waals surface area contributed by atoms with Crippen LogP contribution in [-0.2, 0) is 10.0 Å². The Morgan fingerprint density at radius 3 is 2.58 bits per heavy atom. The van der Waals surface area contributed by atoms with Gasteiger partial charge in [0.15, 0.2) is 5.03 Å². The van der Waals surface area contributed by atoms with Crippen LogP contribution < -0.4 is 20.1 Å². The number of hydrogen-bond donors (Lipinski definition) is 2. The topological polar surface area (TPSA) is 140 Å². The number of hydrogen-bond acceptors (Lipinski definition) is 9. The van der Waals surface area contributed by atoms with Gasteiger partial charge in [-0.2, -0.15) is 8.42 Å². The fourth-order valence-corrected chi connectivity index (χ4v) is 5.43. The molecule has 11 heteroatoms. The Kier molecular flexibility index (Phi) is 7.59. The summed E-state index contributed by atoms with van der Waals surface area (Å²) in [6.07, 6.45) is 3.63.